The zero-order chi connectivity index (χ0) is 9.80. The van der Waals surface area contributed by atoms with Crippen molar-refractivity contribution in [2.24, 2.45) is 11.8 Å². The van der Waals surface area contributed by atoms with Crippen LogP contribution in [0.2, 0.25) is 0 Å². The molecular weight excluding hydrogens is 168 g/mol. The van der Waals surface area contributed by atoms with E-state index >= 15 is 0 Å². The molecule has 0 heterocycles. The van der Waals surface area contributed by atoms with Crippen LogP contribution in [0.15, 0.2) is 12.2 Å². The van der Waals surface area contributed by atoms with E-state index < -0.39 is 0 Å². The molecule has 2 aliphatic rings. The molecule has 2 aliphatic carbocycles. The van der Waals surface area contributed by atoms with E-state index in [-0.39, 0.29) is 0 Å². The van der Waals surface area contributed by atoms with Crippen LogP contribution < -0.4 is 0 Å². The van der Waals surface area contributed by atoms with Gasteiger partial charge >= 0.3 is 0 Å². The fourth-order valence-electron chi connectivity index (χ4n) is 3.03. The molecular formula is C14H24. The summed E-state index contributed by atoms with van der Waals surface area (Å²) in [4.78, 5) is 0. The molecule has 0 heteroatoms. The molecule has 1 atom stereocenters. The smallest absolute Gasteiger partial charge is 0.0203 e. The minimum atomic E-state index is 0.915. The third-order valence-corrected chi connectivity index (χ3v) is 4.28. The van der Waals surface area contributed by atoms with E-state index in [1.54, 1.807) is 0 Å². The van der Waals surface area contributed by atoms with Crippen molar-refractivity contribution in [3.63, 3.8) is 0 Å². The summed E-state index contributed by atoms with van der Waals surface area (Å²) < 4.78 is 0. The largest absolute Gasteiger partial charge is 0.0996 e. The summed E-state index contributed by atoms with van der Waals surface area (Å²) in [6.07, 6.45) is 14.7. The molecule has 0 aliphatic heterocycles. The first kappa shape index (κ1) is 10.3. The van der Waals surface area contributed by atoms with E-state index in [2.05, 4.69) is 6.58 Å². The molecule has 0 bridgehead atoms. The summed E-state index contributed by atoms with van der Waals surface area (Å²) in [6.45, 7) is 4.11. The Morgan fingerprint density at radius 1 is 1.00 bits per heavy atom. The normalized spacial score (nSPS) is 28.9. The summed E-state index contributed by atoms with van der Waals surface area (Å²) in [7, 11) is 0. The third-order valence-electron chi connectivity index (χ3n) is 4.28. The minimum Gasteiger partial charge on any atom is -0.0996 e. The van der Waals surface area contributed by atoms with E-state index in [0.29, 0.717) is 0 Å². The van der Waals surface area contributed by atoms with Gasteiger partial charge in [0.25, 0.3) is 0 Å². The lowest BCUT2D eigenvalue weighted by Crippen LogP contribution is -2.15. The fourth-order valence-corrected chi connectivity index (χ4v) is 3.03. The van der Waals surface area contributed by atoms with Gasteiger partial charge in [-0.25, -0.2) is 0 Å². The second kappa shape index (κ2) is 5.00. The van der Waals surface area contributed by atoms with Crippen molar-refractivity contribution in [3.05, 3.63) is 12.2 Å². The van der Waals surface area contributed by atoms with Gasteiger partial charge in [0.05, 0.1) is 0 Å². The predicted octanol–water partition coefficient (Wildman–Crippen LogP) is 4.70. The van der Waals surface area contributed by atoms with Crippen molar-refractivity contribution in [1.29, 1.82) is 0 Å². The van der Waals surface area contributed by atoms with Gasteiger partial charge in [-0.2, -0.15) is 0 Å². The molecule has 0 N–H and O–H groups in total. The van der Waals surface area contributed by atoms with Gasteiger partial charge in [0.1, 0.15) is 0 Å². The molecule has 0 nitrogen and oxygen atoms in total. The maximum atomic E-state index is 4.11. The molecule has 0 radical (unpaired) electrons. The van der Waals surface area contributed by atoms with E-state index in [9.17, 15) is 0 Å². The molecule has 14 heavy (non-hydrogen) atoms. The highest BCUT2D eigenvalue weighted by Crippen LogP contribution is 2.37. The Kier molecular flexibility index (Phi) is 3.67. The third kappa shape index (κ3) is 2.62. The van der Waals surface area contributed by atoms with Gasteiger partial charge in [-0.3, -0.25) is 0 Å². The highest BCUT2D eigenvalue weighted by atomic mass is 14.3. The standard InChI is InChI=1S/C14H24/c1-12-10-11-14(12)9-5-8-13-6-3-2-4-7-13/h13-14H,1-11H2. The van der Waals surface area contributed by atoms with E-state index in [1.807, 2.05) is 0 Å². The Morgan fingerprint density at radius 3 is 2.36 bits per heavy atom. The monoisotopic (exact) mass is 192 g/mol. The zero-order valence-corrected chi connectivity index (χ0v) is 9.43. The lowest BCUT2D eigenvalue weighted by atomic mass is 9.76. The molecule has 2 rings (SSSR count). The average molecular weight is 192 g/mol. The van der Waals surface area contributed by atoms with Crippen molar-refractivity contribution in [1.82, 2.24) is 0 Å². The van der Waals surface area contributed by atoms with Gasteiger partial charge in [0, 0.05) is 0 Å². The molecule has 2 fully saturated rings. The van der Waals surface area contributed by atoms with Crippen molar-refractivity contribution in [2.45, 2.75) is 64.2 Å². The summed E-state index contributed by atoms with van der Waals surface area (Å²) in [5.41, 5.74) is 1.54. The molecule has 0 saturated heterocycles. The Balaban J connectivity index is 1.55. The summed E-state index contributed by atoms with van der Waals surface area (Å²) in [5.74, 6) is 2.00. The molecule has 0 aromatic heterocycles. The SMILES string of the molecule is C=C1CCC1CCCC1CCCCC1. The first-order chi connectivity index (χ1) is 6.86. The number of hydrogen-bond acceptors (Lipinski definition) is 0. The first-order valence-electron chi connectivity index (χ1n) is 6.54. The van der Waals surface area contributed by atoms with Crippen LogP contribution in [-0.4, -0.2) is 0 Å². The van der Waals surface area contributed by atoms with Crippen molar-refractivity contribution < 1.29 is 0 Å². The molecule has 0 amide bonds. The molecule has 0 aromatic carbocycles. The second-order valence-electron chi connectivity index (χ2n) is 5.33. The molecule has 0 spiro atoms. The highest BCUT2D eigenvalue weighted by Gasteiger charge is 2.22. The fraction of sp³-hybridized carbons (Fsp3) is 0.857. The van der Waals surface area contributed by atoms with Crippen LogP contribution in [0.5, 0.6) is 0 Å². The molecule has 2 saturated carbocycles. The van der Waals surface area contributed by atoms with Crippen LogP contribution in [0.3, 0.4) is 0 Å². The Bertz CT molecular complexity index is 186. The van der Waals surface area contributed by atoms with E-state index in [0.717, 1.165) is 11.8 Å². The lowest BCUT2D eigenvalue weighted by molar-refractivity contribution is 0.310. The van der Waals surface area contributed by atoms with Gasteiger partial charge in [-0.15, -0.1) is 0 Å². The first-order valence-corrected chi connectivity index (χ1v) is 6.54. The second-order valence-corrected chi connectivity index (χ2v) is 5.33. The average Bonchev–Trinajstić information content (AvgIpc) is 2.24. The summed E-state index contributed by atoms with van der Waals surface area (Å²) in [6, 6.07) is 0. The minimum absolute atomic E-state index is 0.915. The number of allylic oxidation sites excluding steroid dienone is 1. The maximum Gasteiger partial charge on any atom is -0.0203 e. The Labute approximate surface area is 88.8 Å². The quantitative estimate of drug-likeness (QED) is 0.566. The Morgan fingerprint density at radius 2 is 1.79 bits per heavy atom. The topological polar surface area (TPSA) is 0 Å². The van der Waals surface area contributed by atoms with Gasteiger partial charge in [-0.1, -0.05) is 57.1 Å². The zero-order valence-electron chi connectivity index (χ0n) is 9.43. The van der Waals surface area contributed by atoms with Crippen LogP contribution in [0, 0.1) is 11.8 Å². The summed E-state index contributed by atoms with van der Waals surface area (Å²) in [5, 5.41) is 0. The highest BCUT2D eigenvalue weighted by molar-refractivity contribution is 5.09. The van der Waals surface area contributed by atoms with Gasteiger partial charge in [0.2, 0.25) is 0 Å². The van der Waals surface area contributed by atoms with Crippen molar-refractivity contribution >= 4 is 0 Å². The lowest BCUT2D eigenvalue weighted by Gasteiger charge is -2.30. The van der Waals surface area contributed by atoms with Crippen molar-refractivity contribution in [2.75, 3.05) is 0 Å². The van der Waals surface area contributed by atoms with Gasteiger partial charge < -0.3 is 0 Å². The van der Waals surface area contributed by atoms with Crippen LogP contribution in [0.1, 0.15) is 64.2 Å². The van der Waals surface area contributed by atoms with Crippen LogP contribution in [0.25, 0.3) is 0 Å². The molecule has 1 unspecified atom stereocenters. The molecule has 0 aromatic rings. The predicted molar refractivity (Wildman–Crippen MR) is 62.3 cm³/mol. The van der Waals surface area contributed by atoms with Crippen LogP contribution in [-0.2, 0) is 0 Å². The summed E-state index contributed by atoms with van der Waals surface area (Å²) >= 11 is 0. The molecule has 80 valence electrons. The van der Waals surface area contributed by atoms with E-state index in [1.165, 1.54) is 69.8 Å². The number of rotatable bonds is 4. The van der Waals surface area contributed by atoms with Crippen LogP contribution >= 0.6 is 0 Å². The van der Waals surface area contributed by atoms with Crippen molar-refractivity contribution in [3.8, 4) is 0 Å². The Hall–Kier alpha value is -0.260. The van der Waals surface area contributed by atoms with E-state index in [4.69, 9.17) is 0 Å². The van der Waals surface area contributed by atoms with Gasteiger partial charge in [-0.05, 0) is 31.1 Å². The van der Waals surface area contributed by atoms with Gasteiger partial charge in [0.15, 0.2) is 0 Å². The van der Waals surface area contributed by atoms with Crippen LogP contribution in [0.4, 0.5) is 0 Å². The number of hydrogen-bond donors (Lipinski definition) is 0. The maximum absolute atomic E-state index is 4.11.